The van der Waals surface area contributed by atoms with Crippen molar-refractivity contribution in [1.82, 2.24) is 10.2 Å². The van der Waals surface area contributed by atoms with E-state index in [1.807, 2.05) is 12.2 Å². The summed E-state index contributed by atoms with van der Waals surface area (Å²) in [6.07, 6.45) is 6.37. The largest absolute Gasteiger partial charge is 0.311 e. The molecule has 0 rings (SSSR count). The van der Waals surface area contributed by atoms with E-state index in [1.165, 1.54) is 12.8 Å². The smallest absolute Gasteiger partial charge is 0.0227 e. The molecule has 0 bridgehead atoms. The molecule has 0 heterocycles. The molecule has 0 saturated heterocycles. The molecule has 0 spiro atoms. The topological polar surface area (TPSA) is 15.3 Å². The highest BCUT2D eigenvalue weighted by Crippen LogP contribution is 2.09. The second kappa shape index (κ2) is 8.48. The Morgan fingerprint density at radius 1 is 1.18 bits per heavy atom. The van der Waals surface area contributed by atoms with Gasteiger partial charge in [0.25, 0.3) is 0 Å². The highest BCUT2D eigenvalue weighted by molar-refractivity contribution is 4.86. The second-order valence-electron chi connectivity index (χ2n) is 5.60. The van der Waals surface area contributed by atoms with E-state index in [0.29, 0.717) is 6.04 Å². The van der Waals surface area contributed by atoms with Crippen LogP contribution in [0.5, 0.6) is 0 Å². The van der Waals surface area contributed by atoms with Gasteiger partial charge in [-0.2, -0.15) is 0 Å². The molecule has 0 aliphatic heterocycles. The van der Waals surface area contributed by atoms with Crippen molar-refractivity contribution in [2.75, 3.05) is 19.6 Å². The summed E-state index contributed by atoms with van der Waals surface area (Å²) < 4.78 is 0. The lowest BCUT2D eigenvalue weighted by molar-refractivity contribution is 0.207. The van der Waals surface area contributed by atoms with Crippen molar-refractivity contribution in [3.8, 4) is 0 Å². The van der Waals surface area contributed by atoms with Gasteiger partial charge in [-0.1, -0.05) is 25.5 Å². The highest BCUT2D eigenvalue weighted by atomic mass is 15.2. The van der Waals surface area contributed by atoms with Gasteiger partial charge in [-0.25, -0.2) is 0 Å². The van der Waals surface area contributed by atoms with Crippen molar-refractivity contribution in [3.05, 3.63) is 25.3 Å². The number of nitrogens with one attached hydrogen (secondary N) is 1. The minimum Gasteiger partial charge on any atom is -0.311 e. The first-order valence-electron chi connectivity index (χ1n) is 6.65. The molecule has 0 aliphatic rings. The molecule has 0 amide bonds. The summed E-state index contributed by atoms with van der Waals surface area (Å²) in [6, 6.07) is 0.565. The van der Waals surface area contributed by atoms with Crippen molar-refractivity contribution >= 4 is 0 Å². The summed E-state index contributed by atoms with van der Waals surface area (Å²) in [7, 11) is 0. The lowest BCUT2D eigenvalue weighted by Crippen LogP contribution is -2.47. The fraction of sp³-hybridized carbons (Fsp3) is 0.733. The number of hydrogen-bond donors (Lipinski definition) is 1. The van der Waals surface area contributed by atoms with Crippen LogP contribution < -0.4 is 5.32 Å². The van der Waals surface area contributed by atoms with Crippen LogP contribution in [0.4, 0.5) is 0 Å². The summed E-state index contributed by atoms with van der Waals surface area (Å²) >= 11 is 0. The van der Waals surface area contributed by atoms with Crippen LogP contribution >= 0.6 is 0 Å². The van der Waals surface area contributed by atoms with Crippen LogP contribution in [0.2, 0.25) is 0 Å². The third kappa shape index (κ3) is 8.17. The molecule has 0 aromatic heterocycles. The predicted molar refractivity (Wildman–Crippen MR) is 78.4 cm³/mol. The maximum Gasteiger partial charge on any atom is 0.0227 e. The van der Waals surface area contributed by atoms with Crippen LogP contribution in [0.1, 0.15) is 40.5 Å². The van der Waals surface area contributed by atoms with Gasteiger partial charge in [0, 0.05) is 31.2 Å². The Balaban J connectivity index is 4.43. The molecular weight excluding hydrogens is 208 g/mol. The zero-order valence-corrected chi connectivity index (χ0v) is 12.1. The first-order valence-corrected chi connectivity index (χ1v) is 6.65. The average molecular weight is 238 g/mol. The fourth-order valence-electron chi connectivity index (χ4n) is 1.88. The van der Waals surface area contributed by atoms with E-state index < -0.39 is 0 Å². The van der Waals surface area contributed by atoms with Crippen molar-refractivity contribution < 1.29 is 0 Å². The summed E-state index contributed by atoms with van der Waals surface area (Å²) in [5, 5.41) is 3.59. The molecule has 0 radical (unpaired) electrons. The molecule has 0 aromatic rings. The molecule has 1 unspecified atom stereocenters. The number of hydrogen-bond acceptors (Lipinski definition) is 2. The van der Waals surface area contributed by atoms with Gasteiger partial charge in [0.2, 0.25) is 0 Å². The third-order valence-electron chi connectivity index (χ3n) is 2.73. The zero-order chi connectivity index (χ0) is 13.3. The Morgan fingerprint density at radius 2 is 1.71 bits per heavy atom. The Bertz CT molecular complexity index is 205. The Morgan fingerprint density at radius 3 is 2.06 bits per heavy atom. The van der Waals surface area contributed by atoms with Crippen molar-refractivity contribution in [1.29, 1.82) is 0 Å². The van der Waals surface area contributed by atoms with Crippen molar-refractivity contribution in [2.45, 2.75) is 52.1 Å². The van der Waals surface area contributed by atoms with E-state index in [0.717, 1.165) is 19.6 Å². The molecule has 1 N–H and O–H groups in total. The Labute approximate surface area is 108 Å². The lowest BCUT2D eigenvalue weighted by Gasteiger charge is -2.33. The maximum atomic E-state index is 3.84. The molecule has 0 aromatic carbocycles. The third-order valence-corrected chi connectivity index (χ3v) is 2.73. The Hall–Kier alpha value is -0.600. The Kier molecular flexibility index (Phi) is 8.19. The first-order chi connectivity index (χ1) is 7.94. The van der Waals surface area contributed by atoms with Crippen LogP contribution in [-0.4, -0.2) is 36.1 Å². The van der Waals surface area contributed by atoms with E-state index in [-0.39, 0.29) is 5.54 Å². The zero-order valence-electron chi connectivity index (χ0n) is 12.1. The van der Waals surface area contributed by atoms with Crippen molar-refractivity contribution in [2.24, 2.45) is 0 Å². The van der Waals surface area contributed by atoms with Crippen LogP contribution in [0.3, 0.4) is 0 Å². The van der Waals surface area contributed by atoms with Gasteiger partial charge < -0.3 is 5.32 Å². The molecule has 2 nitrogen and oxygen atoms in total. The molecule has 0 saturated carbocycles. The van der Waals surface area contributed by atoms with E-state index in [4.69, 9.17) is 0 Å². The molecule has 100 valence electrons. The van der Waals surface area contributed by atoms with Gasteiger partial charge in [-0.05, 0) is 27.2 Å². The summed E-state index contributed by atoms with van der Waals surface area (Å²) in [4.78, 5) is 2.43. The lowest BCUT2D eigenvalue weighted by atomic mass is 10.1. The standard InChI is InChI=1S/C15H30N2/c1-7-10-14(13-16-15(4,5)6)17(11-8-2)12-9-3/h8-9,14,16H,2-3,7,10-13H2,1,4-6H3. The van der Waals surface area contributed by atoms with Crippen LogP contribution in [-0.2, 0) is 0 Å². The molecular formula is C15H30N2. The van der Waals surface area contributed by atoms with Gasteiger partial charge in [-0.3, -0.25) is 4.90 Å². The number of nitrogens with zero attached hydrogens (tertiary/aromatic N) is 1. The fourth-order valence-corrected chi connectivity index (χ4v) is 1.88. The van der Waals surface area contributed by atoms with Crippen LogP contribution in [0, 0.1) is 0 Å². The average Bonchev–Trinajstić information content (AvgIpc) is 2.23. The van der Waals surface area contributed by atoms with E-state index >= 15 is 0 Å². The quantitative estimate of drug-likeness (QED) is 0.621. The monoisotopic (exact) mass is 238 g/mol. The van der Waals surface area contributed by atoms with Gasteiger partial charge >= 0.3 is 0 Å². The second-order valence-corrected chi connectivity index (χ2v) is 5.60. The van der Waals surface area contributed by atoms with E-state index in [1.54, 1.807) is 0 Å². The molecule has 17 heavy (non-hydrogen) atoms. The first kappa shape index (κ1) is 16.4. The maximum absolute atomic E-state index is 3.84. The summed E-state index contributed by atoms with van der Waals surface area (Å²) in [5.74, 6) is 0. The summed E-state index contributed by atoms with van der Waals surface area (Å²) in [6.45, 7) is 19.4. The van der Waals surface area contributed by atoms with Gasteiger partial charge in [-0.15, -0.1) is 13.2 Å². The molecule has 2 heteroatoms. The highest BCUT2D eigenvalue weighted by Gasteiger charge is 2.18. The van der Waals surface area contributed by atoms with Crippen LogP contribution in [0.25, 0.3) is 0 Å². The van der Waals surface area contributed by atoms with Crippen LogP contribution in [0.15, 0.2) is 25.3 Å². The predicted octanol–water partition coefficient (Wildman–Crippen LogP) is 3.22. The summed E-state index contributed by atoms with van der Waals surface area (Å²) in [5.41, 5.74) is 0.181. The van der Waals surface area contributed by atoms with Gasteiger partial charge in [0.1, 0.15) is 0 Å². The SMILES string of the molecule is C=CCN(CC=C)C(CCC)CNC(C)(C)C. The van der Waals surface area contributed by atoms with Gasteiger partial charge in [0.05, 0.1) is 0 Å². The van der Waals surface area contributed by atoms with Crippen molar-refractivity contribution in [3.63, 3.8) is 0 Å². The normalized spacial score (nSPS) is 13.7. The minimum atomic E-state index is 0.181. The molecule has 1 atom stereocenters. The van der Waals surface area contributed by atoms with E-state index in [2.05, 4.69) is 51.1 Å². The molecule has 0 fully saturated rings. The molecule has 0 aliphatic carbocycles. The van der Waals surface area contributed by atoms with E-state index in [9.17, 15) is 0 Å². The van der Waals surface area contributed by atoms with Gasteiger partial charge in [0.15, 0.2) is 0 Å². The minimum absolute atomic E-state index is 0.181. The number of rotatable bonds is 9.